The molecule has 4 nitrogen and oxygen atoms in total. The first kappa shape index (κ1) is 14.4. The van der Waals surface area contributed by atoms with Gasteiger partial charge in [0.2, 0.25) is 0 Å². The molecule has 0 aliphatic rings. The molecule has 0 amide bonds. The highest BCUT2D eigenvalue weighted by Crippen LogP contribution is 2.16. The van der Waals surface area contributed by atoms with Gasteiger partial charge in [-0.05, 0) is 35.8 Å². The predicted octanol–water partition coefficient (Wildman–Crippen LogP) is 3.01. The fraction of sp³-hybridized carbons (Fsp3) is 0.583. The summed E-state index contributed by atoms with van der Waals surface area (Å²) in [4.78, 5) is 4.02. The molecule has 1 rings (SSSR count). The fourth-order valence-electron chi connectivity index (χ4n) is 1.33. The van der Waals surface area contributed by atoms with Crippen molar-refractivity contribution in [2.75, 3.05) is 19.8 Å². The molecule has 0 spiro atoms. The second-order valence-electron chi connectivity index (χ2n) is 3.32. The minimum Gasteiger partial charge on any atom is -0.492 e. The molecule has 0 saturated heterocycles. The van der Waals surface area contributed by atoms with Crippen molar-refractivity contribution in [3.63, 3.8) is 0 Å². The van der Waals surface area contributed by atoms with E-state index in [4.69, 9.17) is 14.2 Å². The van der Waals surface area contributed by atoms with E-state index in [1.165, 1.54) is 0 Å². The van der Waals surface area contributed by atoms with Crippen LogP contribution in [0.15, 0.2) is 22.9 Å². The lowest BCUT2D eigenvalue weighted by molar-refractivity contribution is -0.142. The summed E-state index contributed by atoms with van der Waals surface area (Å²) in [5.41, 5.74) is 0. The summed E-state index contributed by atoms with van der Waals surface area (Å²) in [7, 11) is 0. The molecule has 0 unspecified atom stereocenters. The minimum atomic E-state index is -0.190. The summed E-state index contributed by atoms with van der Waals surface area (Å²) in [6, 6.07) is 1.88. The third-order valence-corrected chi connectivity index (χ3v) is 2.44. The van der Waals surface area contributed by atoms with E-state index in [1.54, 1.807) is 12.4 Å². The van der Waals surface area contributed by atoms with E-state index in [9.17, 15) is 0 Å². The van der Waals surface area contributed by atoms with E-state index in [0.29, 0.717) is 26.2 Å². The molecule has 17 heavy (non-hydrogen) atoms. The third kappa shape index (κ3) is 6.00. The quantitative estimate of drug-likeness (QED) is 0.692. The minimum absolute atomic E-state index is 0.190. The molecular formula is C12H18BrNO3. The van der Waals surface area contributed by atoms with E-state index in [1.807, 2.05) is 19.9 Å². The highest BCUT2D eigenvalue weighted by Gasteiger charge is 2.07. The molecule has 0 radical (unpaired) electrons. The second-order valence-corrected chi connectivity index (χ2v) is 4.23. The zero-order valence-electron chi connectivity index (χ0n) is 10.2. The van der Waals surface area contributed by atoms with Gasteiger partial charge in [-0.2, -0.15) is 0 Å². The summed E-state index contributed by atoms with van der Waals surface area (Å²) in [5, 5.41) is 0. The highest BCUT2D eigenvalue weighted by atomic mass is 79.9. The Balaban J connectivity index is 2.30. The van der Waals surface area contributed by atoms with Gasteiger partial charge in [0.25, 0.3) is 0 Å². The Bertz CT molecular complexity index is 316. The number of hydrogen-bond acceptors (Lipinski definition) is 4. The SMILES string of the molecule is CCOC(CCOc1cncc(Br)c1)OCC. The topological polar surface area (TPSA) is 40.6 Å². The first-order chi connectivity index (χ1) is 8.26. The average molecular weight is 304 g/mol. The van der Waals surface area contributed by atoms with Crippen molar-refractivity contribution in [2.45, 2.75) is 26.6 Å². The molecule has 5 heteroatoms. The van der Waals surface area contributed by atoms with Crippen molar-refractivity contribution in [1.82, 2.24) is 4.98 Å². The number of ether oxygens (including phenoxy) is 3. The van der Waals surface area contributed by atoms with Crippen LogP contribution in [0.5, 0.6) is 5.75 Å². The van der Waals surface area contributed by atoms with Gasteiger partial charge in [-0.3, -0.25) is 4.98 Å². The molecule has 0 N–H and O–H groups in total. The number of pyridine rings is 1. The van der Waals surface area contributed by atoms with E-state index >= 15 is 0 Å². The highest BCUT2D eigenvalue weighted by molar-refractivity contribution is 9.10. The zero-order chi connectivity index (χ0) is 12.5. The Kier molecular flexibility index (Phi) is 7.16. The molecule has 0 fully saturated rings. The normalized spacial score (nSPS) is 10.8. The van der Waals surface area contributed by atoms with Crippen molar-refractivity contribution in [1.29, 1.82) is 0 Å². The molecule has 0 aliphatic carbocycles. The summed E-state index contributed by atoms with van der Waals surface area (Å²) in [5.74, 6) is 0.742. The maximum atomic E-state index is 5.56. The molecule has 0 saturated carbocycles. The number of rotatable bonds is 8. The van der Waals surface area contributed by atoms with Gasteiger partial charge in [0.15, 0.2) is 6.29 Å². The molecule has 1 aromatic rings. The molecule has 0 aromatic carbocycles. The van der Waals surface area contributed by atoms with Crippen molar-refractivity contribution in [3.8, 4) is 5.75 Å². The van der Waals surface area contributed by atoms with Crippen LogP contribution in [-0.2, 0) is 9.47 Å². The van der Waals surface area contributed by atoms with Gasteiger partial charge in [-0.15, -0.1) is 0 Å². The summed E-state index contributed by atoms with van der Waals surface area (Å²) in [6.07, 6.45) is 3.91. The van der Waals surface area contributed by atoms with Crippen LogP contribution in [-0.4, -0.2) is 31.1 Å². The predicted molar refractivity (Wildman–Crippen MR) is 69.1 cm³/mol. The standard InChI is InChI=1S/C12H18BrNO3/c1-3-15-12(16-4-2)5-6-17-11-7-10(13)8-14-9-11/h7-9,12H,3-6H2,1-2H3. The Morgan fingerprint density at radius 1 is 1.24 bits per heavy atom. The number of halogens is 1. The maximum absolute atomic E-state index is 5.56. The Labute approximate surface area is 110 Å². The van der Waals surface area contributed by atoms with Crippen LogP contribution >= 0.6 is 15.9 Å². The number of hydrogen-bond donors (Lipinski definition) is 0. The molecule has 0 bridgehead atoms. The van der Waals surface area contributed by atoms with Crippen LogP contribution in [0.2, 0.25) is 0 Å². The zero-order valence-corrected chi connectivity index (χ0v) is 11.8. The van der Waals surface area contributed by atoms with Gasteiger partial charge in [0.1, 0.15) is 5.75 Å². The van der Waals surface area contributed by atoms with E-state index in [0.717, 1.165) is 10.2 Å². The molecule has 1 heterocycles. The van der Waals surface area contributed by atoms with Crippen LogP contribution in [0.4, 0.5) is 0 Å². The largest absolute Gasteiger partial charge is 0.492 e. The number of aromatic nitrogens is 1. The van der Waals surface area contributed by atoms with Crippen molar-refractivity contribution in [2.24, 2.45) is 0 Å². The van der Waals surface area contributed by atoms with Gasteiger partial charge < -0.3 is 14.2 Å². The van der Waals surface area contributed by atoms with Crippen molar-refractivity contribution < 1.29 is 14.2 Å². The Morgan fingerprint density at radius 2 is 1.94 bits per heavy atom. The lowest BCUT2D eigenvalue weighted by Gasteiger charge is -2.16. The monoisotopic (exact) mass is 303 g/mol. The van der Waals surface area contributed by atoms with Crippen LogP contribution in [0, 0.1) is 0 Å². The number of nitrogens with zero attached hydrogens (tertiary/aromatic N) is 1. The van der Waals surface area contributed by atoms with Crippen molar-refractivity contribution in [3.05, 3.63) is 22.9 Å². The molecule has 0 atom stereocenters. The van der Waals surface area contributed by atoms with Gasteiger partial charge in [0, 0.05) is 30.3 Å². The summed E-state index contributed by atoms with van der Waals surface area (Å²) in [6.45, 7) is 5.73. The van der Waals surface area contributed by atoms with Gasteiger partial charge in [-0.1, -0.05) is 0 Å². The maximum Gasteiger partial charge on any atom is 0.160 e. The second kappa shape index (κ2) is 8.44. The van der Waals surface area contributed by atoms with Crippen molar-refractivity contribution >= 4 is 15.9 Å². The van der Waals surface area contributed by atoms with Crippen LogP contribution in [0.1, 0.15) is 20.3 Å². The molecular weight excluding hydrogens is 286 g/mol. The van der Waals surface area contributed by atoms with Gasteiger partial charge in [0.05, 0.1) is 12.8 Å². The smallest absolute Gasteiger partial charge is 0.160 e. The fourth-order valence-corrected chi connectivity index (χ4v) is 1.67. The Morgan fingerprint density at radius 3 is 2.53 bits per heavy atom. The van der Waals surface area contributed by atoms with E-state index in [2.05, 4.69) is 20.9 Å². The van der Waals surface area contributed by atoms with Gasteiger partial charge >= 0.3 is 0 Å². The van der Waals surface area contributed by atoms with E-state index < -0.39 is 0 Å². The van der Waals surface area contributed by atoms with Crippen LogP contribution in [0.3, 0.4) is 0 Å². The first-order valence-corrected chi connectivity index (χ1v) is 6.52. The molecule has 96 valence electrons. The summed E-state index contributed by atoms with van der Waals surface area (Å²) >= 11 is 3.34. The van der Waals surface area contributed by atoms with Crippen LogP contribution in [0.25, 0.3) is 0 Å². The van der Waals surface area contributed by atoms with Gasteiger partial charge in [-0.25, -0.2) is 0 Å². The lowest BCUT2D eigenvalue weighted by Crippen LogP contribution is -2.20. The van der Waals surface area contributed by atoms with E-state index in [-0.39, 0.29) is 6.29 Å². The first-order valence-electron chi connectivity index (χ1n) is 5.72. The Hall–Kier alpha value is -0.650. The molecule has 0 aliphatic heterocycles. The average Bonchev–Trinajstić information content (AvgIpc) is 2.30. The lowest BCUT2D eigenvalue weighted by atomic mass is 10.4. The van der Waals surface area contributed by atoms with Crippen LogP contribution < -0.4 is 4.74 Å². The third-order valence-electron chi connectivity index (χ3n) is 2.01. The summed E-state index contributed by atoms with van der Waals surface area (Å²) < 4.78 is 17.3. The molecule has 1 aromatic heterocycles.